The molecule has 1 aliphatic heterocycles. The van der Waals surface area contributed by atoms with Gasteiger partial charge in [0.2, 0.25) is 0 Å². The van der Waals surface area contributed by atoms with Gasteiger partial charge < -0.3 is 0 Å². The molecule has 0 N–H and O–H groups in total. The Hall–Kier alpha value is -0.350. The van der Waals surface area contributed by atoms with Crippen molar-refractivity contribution in [2.75, 3.05) is 5.75 Å². The number of hydrogen-bond acceptors (Lipinski definition) is 1. The summed E-state index contributed by atoms with van der Waals surface area (Å²) in [6.45, 7) is 1.88. The molecular weight excluding hydrogens is 128 g/mol. The van der Waals surface area contributed by atoms with Crippen molar-refractivity contribution in [2.45, 2.75) is 19.8 Å². The van der Waals surface area contributed by atoms with Crippen molar-refractivity contribution in [1.29, 1.82) is 0 Å². The van der Waals surface area contributed by atoms with Gasteiger partial charge in [-0.1, -0.05) is 12.0 Å². The summed E-state index contributed by atoms with van der Waals surface area (Å²) < 4.78 is 0. The Morgan fingerprint density at radius 3 is 3.11 bits per heavy atom. The van der Waals surface area contributed by atoms with Crippen LogP contribution in [0.1, 0.15) is 19.8 Å². The molecule has 0 amide bonds. The van der Waals surface area contributed by atoms with Crippen LogP contribution in [0.25, 0.3) is 0 Å². The molecule has 0 aromatic heterocycles. The molecular formula is C8H10S. The lowest BCUT2D eigenvalue weighted by atomic mass is 10.3. The average molecular weight is 138 g/mol. The van der Waals surface area contributed by atoms with Crippen LogP contribution in [0.4, 0.5) is 0 Å². The summed E-state index contributed by atoms with van der Waals surface area (Å²) in [7, 11) is 0. The van der Waals surface area contributed by atoms with E-state index in [1.807, 2.05) is 18.7 Å². The second-order valence-electron chi connectivity index (χ2n) is 1.93. The monoisotopic (exact) mass is 138 g/mol. The van der Waals surface area contributed by atoms with Gasteiger partial charge in [0.15, 0.2) is 0 Å². The largest absolute Gasteiger partial charge is 0.117 e. The summed E-state index contributed by atoms with van der Waals surface area (Å²) in [6, 6.07) is 0. The second-order valence-corrected chi connectivity index (χ2v) is 3.07. The highest BCUT2D eigenvalue weighted by Crippen LogP contribution is 2.22. The fourth-order valence-corrected chi connectivity index (χ4v) is 1.71. The van der Waals surface area contributed by atoms with Crippen LogP contribution in [0, 0.1) is 11.8 Å². The van der Waals surface area contributed by atoms with Crippen molar-refractivity contribution in [3.8, 4) is 11.8 Å². The highest BCUT2D eigenvalue weighted by Gasteiger charge is 1.98. The van der Waals surface area contributed by atoms with Crippen LogP contribution in [-0.4, -0.2) is 5.75 Å². The second kappa shape index (κ2) is 3.63. The molecule has 0 fully saturated rings. The van der Waals surface area contributed by atoms with Crippen molar-refractivity contribution in [2.24, 2.45) is 0 Å². The van der Waals surface area contributed by atoms with Crippen LogP contribution in [0.2, 0.25) is 0 Å². The first kappa shape index (κ1) is 6.77. The Labute approximate surface area is 60.7 Å². The molecule has 9 heavy (non-hydrogen) atoms. The fourth-order valence-electron chi connectivity index (χ4n) is 0.768. The molecule has 1 heterocycles. The van der Waals surface area contributed by atoms with Crippen molar-refractivity contribution < 1.29 is 0 Å². The van der Waals surface area contributed by atoms with Crippen LogP contribution < -0.4 is 0 Å². The van der Waals surface area contributed by atoms with E-state index < -0.39 is 0 Å². The van der Waals surface area contributed by atoms with E-state index in [0.717, 1.165) is 0 Å². The topological polar surface area (TPSA) is 0 Å². The van der Waals surface area contributed by atoms with Crippen LogP contribution in [-0.2, 0) is 0 Å². The summed E-state index contributed by atoms with van der Waals surface area (Å²) in [5, 5.41) is 0. The molecule has 0 nitrogen and oxygen atoms in total. The quantitative estimate of drug-likeness (QED) is 0.463. The van der Waals surface area contributed by atoms with Crippen molar-refractivity contribution in [3.05, 3.63) is 11.0 Å². The predicted molar refractivity (Wildman–Crippen MR) is 43.2 cm³/mol. The summed E-state index contributed by atoms with van der Waals surface area (Å²) in [5.41, 5.74) is 0. The molecule has 0 bridgehead atoms. The Kier molecular flexibility index (Phi) is 2.73. The van der Waals surface area contributed by atoms with E-state index in [1.165, 1.54) is 23.5 Å². The zero-order valence-electron chi connectivity index (χ0n) is 5.61. The summed E-state index contributed by atoms with van der Waals surface area (Å²) >= 11 is 1.88. The van der Waals surface area contributed by atoms with E-state index in [9.17, 15) is 0 Å². The zero-order valence-corrected chi connectivity index (χ0v) is 6.42. The predicted octanol–water partition coefficient (Wildman–Crippen LogP) is 2.42. The van der Waals surface area contributed by atoms with Gasteiger partial charge in [-0.2, -0.15) is 0 Å². The first-order chi connectivity index (χ1) is 4.43. The van der Waals surface area contributed by atoms with Crippen molar-refractivity contribution in [3.63, 3.8) is 0 Å². The SMILES string of the molecule is CC#CC1=CCCCS1. The van der Waals surface area contributed by atoms with Gasteiger partial charge in [-0.3, -0.25) is 0 Å². The Morgan fingerprint density at radius 1 is 1.67 bits per heavy atom. The van der Waals surface area contributed by atoms with Gasteiger partial charge in [-0.15, -0.1) is 17.7 Å². The van der Waals surface area contributed by atoms with Gasteiger partial charge in [0, 0.05) is 0 Å². The fraction of sp³-hybridized carbons (Fsp3) is 0.500. The van der Waals surface area contributed by atoms with E-state index >= 15 is 0 Å². The molecule has 0 saturated carbocycles. The van der Waals surface area contributed by atoms with E-state index in [2.05, 4.69) is 17.9 Å². The third kappa shape index (κ3) is 2.15. The molecule has 1 rings (SSSR count). The first-order valence-electron chi connectivity index (χ1n) is 3.19. The molecule has 0 unspecified atom stereocenters. The Morgan fingerprint density at radius 2 is 2.56 bits per heavy atom. The molecule has 0 spiro atoms. The number of allylic oxidation sites excluding steroid dienone is 2. The standard InChI is InChI=1S/C8H10S/c1-2-5-8-6-3-4-7-9-8/h6H,3-4,7H2,1H3. The van der Waals surface area contributed by atoms with Crippen LogP contribution in [0.3, 0.4) is 0 Å². The molecule has 0 aliphatic carbocycles. The average Bonchev–Trinajstić information content (AvgIpc) is 1.91. The summed E-state index contributed by atoms with van der Waals surface area (Å²) in [5.74, 6) is 7.21. The molecule has 1 heteroatoms. The lowest BCUT2D eigenvalue weighted by molar-refractivity contribution is 0.962. The minimum absolute atomic E-state index is 1.22. The number of hydrogen-bond donors (Lipinski definition) is 0. The van der Waals surface area contributed by atoms with Gasteiger partial charge in [0.05, 0.1) is 4.91 Å². The van der Waals surface area contributed by atoms with E-state index in [4.69, 9.17) is 0 Å². The third-order valence-corrected chi connectivity index (χ3v) is 2.26. The maximum atomic E-state index is 3.06. The first-order valence-corrected chi connectivity index (χ1v) is 4.18. The van der Waals surface area contributed by atoms with Gasteiger partial charge in [0.1, 0.15) is 0 Å². The van der Waals surface area contributed by atoms with E-state index in [1.54, 1.807) is 0 Å². The maximum Gasteiger partial charge on any atom is 0.0533 e. The summed E-state index contributed by atoms with van der Waals surface area (Å²) in [6.07, 6.45) is 4.77. The van der Waals surface area contributed by atoms with E-state index in [0.29, 0.717) is 0 Å². The molecule has 0 radical (unpaired) electrons. The lowest BCUT2D eigenvalue weighted by Crippen LogP contribution is -1.86. The van der Waals surface area contributed by atoms with Crippen LogP contribution in [0.5, 0.6) is 0 Å². The van der Waals surface area contributed by atoms with Gasteiger partial charge in [-0.25, -0.2) is 0 Å². The van der Waals surface area contributed by atoms with E-state index in [-0.39, 0.29) is 0 Å². The molecule has 0 aromatic rings. The van der Waals surface area contributed by atoms with Crippen molar-refractivity contribution in [1.82, 2.24) is 0 Å². The minimum Gasteiger partial charge on any atom is -0.117 e. The number of rotatable bonds is 0. The number of thioether (sulfide) groups is 1. The van der Waals surface area contributed by atoms with Crippen LogP contribution >= 0.6 is 11.8 Å². The molecule has 48 valence electrons. The maximum absolute atomic E-state index is 3.06. The van der Waals surface area contributed by atoms with Crippen LogP contribution in [0.15, 0.2) is 11.0 Å². The van der Waals surface area contributed by atoms with Gasteiger partial charge >= 0.3 is 0 Å². The highest BCUT2D eigenvalue weighted by molar-refractivity contribution is 8.03. The highest BCUT2D eigenvalue weighted by atomic mass is 32.2. The Balaban J connectivity index is 2.53. The molecule has 1 aliphatic rings. The molecule has 0 saturated heterocycles. The zero-order chi connectivity index (χ0) is 6.53. The molecule has 0 aromatic carbocycles. The van der Waals surface area contributed by atoms with Gasteiger partial charge in [-0.05, 0) is 25.5 Å². The molecule has 0 atom stereocenters. The van der Waals surface area contributed by atoms with Crippen molar-refractivity contribution >= 4 is 11.8 Å². The smallest absolute Gasteiger partial charge is 0.0533 e. The Bertz CT molecular complexity index is 169. The van der Waals surface area contributed by atoms with Gasteiger partial charge in [0.25, 0.3) is 0 Å². The normalized spacial score (nSPS) is 17.7. The third-order valence-electron chi connectivity index (χ3n) is 1.18. The summed E-state index contributed by atoms with van der Waals surface area (Å²) in [4.78, 5) is 1.27. The lowest BCUT2D eigenvalue weighted by Gasteiger charge is -2.04. The minimum atomic E-state index is 1.22.